The van der Waals surface area contributed by atoms with Crippen LogP contribution in [0.2, 0.25) is 0 Å². The minimum Gasteiger partial charge on any atom is -0.475 e. The Morgan fingerprint density at radius 1 is 1.38 bits per heavy atom. The molecule has 1 saturated heterocycles. The lowest BCUT2D eigenvalue weighted by Crippen LogP contribution is -2.39. The Hall–Kier alpha value is -1.86. The second-order valence-corrected chi connectivity index (χ2v) is 6.74. The molecule has 2 rings (SSSR count). The lowest BCUT2D eigenvalue weighted by molar-refractivity contribution is 0.0536. The largest absolute Gasteiger partial charge is 0.475 e. The molecule has 1 aliphatic rings. The summed E-state index contributed by atoms with van der Waals surface area (Å²) in [6.45, 7) is 8.72. The summed E-state index contributed by atoms with van der Waals surface area (Å²) in [6.07, 6.45) is 3.09. The number of hydrogen-bond acceptors (Lipinski definition) is 5. The standard InChI is InChI=1S/C19H32N4O3/c1-15(2)26-18-6-5-16(11-21-18)12-22-19(20-3)23-8-7-17(13-23)14-25-10-9-24-4/h5-6,11,15,17H,7-10,12-14H2,1-4H3,(H,20,22). The number of rotatable bonds is 9. The monoisotopic (exact) mass is 364 g/mol. The molecule has 2 heterocycles. The van der Waals surface area contributed by atoms with Gasteiger partial charge in [-0.15, -0.1) is 0 Å². The van der Waals surface area contributed by atoms with E-state index in [1.165, 1.54) is 0 Å². The number of aliphatic imine (C=N–C) groups is 1. The average Bonchev–Trinajstić information content (AvgIpc) is 3.09. The lowest BCUT2D eigenvalue weighted by Gasteiger charge is -2.21. The summed E-state index contributed by atoms with van der Waals surface area (Å²) in [5, 5.41) is 3.42. The Balaban J connectivity index is 1.75. The van der Waals surface area contributed by atoms with Crippen molar-refractivity contribution in [3.8, 4) is 5.88 Å². The van der Waals surface area contributed by atoms with E-state index in [-0.39, 0.29) is 6.10 Å². The van der Waals surface area contributed by atoms with E-state index < -0.39 is 0 Å². The Labute approximate surface area is 156 Å². The van der Waals surface area contributed by atoms with Crippen molar-refractivity contribution in [2.45, 2.75) is 32.9 Å². The third-order valence-electron chi connectivity index (χ3n) is 4.19. The van der Waals surface area contributed by atoms with E-state index in [9.17, 15) is 0 Å². The fourth-order valence-electron chi connectivity index (χ4n) is 2.89. The number of guanidine groups is 1. The summed E-state index contributed by atoms with van der Waals surface area (Å²) < 4.78 is 16.2. The van der Waals surface area contributed by atoms with E-state index in [1.54, 1.807) is 7.11 Å². The maximum Gasteiger partial charge on any atom is 0.213 e. The number of likely N-dealkylation sites (tertiary alicyclic amines) is 1. The molecule has 1 aromatic heterocycles. The molecule has 0 saturated carbocycles. The van der Waals surface area contributed by atoms with Crippen molar-refractivity contribution in [1.29, 1.82) is 0 Å². The first-order chi connectivity index (χ1) is 12.6. The fraction of sp³-hybridized carbons (Fsp3) is 0.684. The van der Waals surface area contributed by atoms with Gasteiger partial charge in [-0.25, -0.2) is 4.98 Å². The van der Waals surface area contributed by atoms with Crippen LogP contribution in [0.25, 0.3) is 0 Å². The molecular weight excluding hydrogens is 332 g/mol. The van der Waals surface area contributed by atoms with Crippen LogP contribution in [-0.4, -0.2) is 69.0 Å². The number of nitrogens with zero attached hydrogens (tertiary/aromatic N) is 3. The highest BCUT2D eigenvalue weighted by Crippen LogP contribution is 2.17. The van der Waals surface area contributed by atoms with Gasteiger partial charge in [-0.05, 0) is 25.8 Å². The van der Waals surface area contributed by atoms with E-state index >= 15 is 0 Å². The molecule has 1 atom stereocenters. The first-order valence-corrected chi connectivity index (χ1v) is 9.26. The maximum atomic E-state index is 5.66. The third-order valence-corrected chi connectivity index (χ3v) is 4.19. The highest BCUT2D eigenvalue weighted by atomic mass is 16.5. The Kier molecular flexibility index (Phi) is 8.64. The molecule has 1 N–H and O–H groups in total. The Morgan fingerprint density at radius 2 is 2.23 bits per heavy atom. The van der Waals surface area contributed by atoms with Gasteiger partial charge in [0.05, 0.1) is 25.9 Å². The quantitative estimate of drug-likeness (QED) is 0.410. The van der Waals surface area contributed by atoms with Crippen LogP contribution in [-0.2, 0) is 16.0 Å². The van der Waals surface area contributed by atoms with Crippen LogP contribution >= 0.6 is 0 Å². The van der Waals surface area contributed by atoms with E-state index in [4.69, 9.17) is 14.2 Å². The van der Waals surface area contributed by atoms with Gasteiger partial charge < -0.3 is 24.4 Å². The zero-order chi connectivity index (χ0) is 18.8. The normalized spacial score (nSPS) is 17.8. The van der Waals surface area contributed by atoms with Crippen LogP contribution in [0.4, 0.5) is 0 Å². The van der Waals surface area contributed by atoms with Crippen LogP contribution in [0.1, 0.15) is 25.8 Å². The molecule has 7 heteroatoms. The summed E-state index contributed by atoms with van der Waals surface area (Å²) in [5.41, 5.74) is 1.10. The van der Waals surface area contributed by atoms with Gasteiger partial charge in [-0.3, -0.25) is 4.99 Å². The molecule has 1 aliphatic heterocycles. The highest BCUT2D eigenvalue weighted by Gasteiger charge is 2.24. The number of nitrogens with one attached hydrogen (secondary N) is 1. The predicted molar refractivity (Wildman–Crippen MR) is 103 cm³/mol. The van der Waals surface area contributed by atoms with Crippen molar-refractivity contribution in [2.75, 3.05) is 47.1 Å². The minimum absolute atomic E-state index is 0.131. The van der Waals surface area contributed by atoms with Crippen molar-refractivity contribution in [3.05, 3.63) is 23.9 Å². The molecule has 0 aromatic carbocycles. The summed E-state index contributed by atoms with van der Waals surface area (Å²) >= 11 is 0. The number of ether oxygens (including phenoxy) is 3. The van der Waals surface area contributed by atoms with Gasteiger partial charge in [0.1, 0.15) is 0 Å². The van der Waals surface area contributed by atoms with Crippen molar-refractivity contribution in [3.63, 3.8) is 0 Å². The van der Waals surface area contributed by atoms with Crippen molar-refractivity contribution >= 4 is 5.96 Å². The minimum atomic E-state index is 0.131. The zero-order valence-electron chi connectivity index (χ0n) is 16.4. The highest BCUT2D eigenvalue weighted by molar-refractivity contribution is 5.80. The number of methoxy groups -OCH3 is 1. The maximum absolute atomic E-state index is 5.66. The molecule has 0 aliphatic carbocycles. The van der Waals surface area contributed by atoms with Crippen molar-refractivity contribution in [2.24, 2.45) is 10.9 Å². The molecule has 1 aromatic rings. The van der Waals surface area contributed by atoms with Gasteiger partial charge in [0.2, 0.25) is 5.88 Å². The first kappa shape index (κ1) is 20.5. The fourth-order valence-corrected chi connectivity index (χ4v) is 2.89. The lowest BCUT2D eigenvalue weighted by atomic mass is 10.1. The molecule has 0 spiro atoms. The molecule has 0 radical (unpaired) electrons. The van der Waals surface area contributed by atoms with Gasteiger partial charge in [-0.2, -0.15) is 0 Å². The van der Waals surface area contributed by atoms with E-state index in [1.807, 2.05) is 39.2 Å². The summed E-state index contributed by atoms with van der Waals surface area (Å²) in [5.74, 6) is 2.12. The first-order valence-electron chi connectivity index (χ1n) is 9.26. The second-order valence-electron chi connectivity index (χ2n) is 6.74. The smallest absolute Gasteiger partial charge is 0.213 e. The Bertz CT molecular complexity index is 548. The van der Waals surface area contributed by atoms with Crippen LogP contribution in [0.15, 0.2) is 23.3 Å². The van der Waals surface area contributed by atoms with E-state index in [2.05, 4.69) is 20.2 Å². The Morgan fingerprint density at radius 3 is 2.88 bits per heavy atom. The van der Waals surface area contributed by atoms with Crippen molar-refractivity contribution < 1.29 is 14.2 Å². The number of aromatic nitrogens is 1. The predicted octanol–water partition coefficient (Wildman–Crippen LogP) is 1.93. The van der Waals surface area contributed by atoms with Crippen molar-refractivity contribution in [1.82, 2.24) is 15.2 Å². The second kappa shape index (κ2) is 11.0. The number of pyridine rings is 1. The molecule has 7 nitrogen and oxygen atoms in total. The van der Waals surface area contributed by atoms with Gasteiger partial charge in [0, 0.05) is 52.0 Å². The summed E-state index contributed by atoms with van der Waals surface area (Å²) in [7, 11) is 3.51. The third kappa shape index (κ3) is 6.80. The zero-order valence-corrected chi connectivity index (χ0v) is 16.4. The molecule has 1 unspecified atom stereocenters. The van der Waals surface area contributed by atoms with Crippen LogP contribution in [0, 0.1) is 5.92 Å². The van der Waals surface area contributed by atoms with Gasteiger partial charge in [0.25, 0.3) is 0 Å². The summed E-state index contributed by atoms with van der Waals surface area (Å²) in [4.78, 5) is 11.0. The number of hydrogen-bond donors (Lipinski definition) is 1. The van der Waals surface area contributed by atoms with Crippen LogP contribution in [0.3, 0.4) is 0 Å². The van der Waals surface area contributed by atoms with E-state index in [0.717, 1.165) is 37.6 Å². The van der Waals surface area contributed by atoms with E-state index in [0.29, 0.717) is 31.6 Å². The van der Waals surface area contributed by atoms with Gasteiger partial charge in [0.15, 0.2) is 5.96 Å². The SMILES string of the molecule is CN=C(NCc1ccc(OC(C)C)nc1)N1CCC(COCCOC)C1. The topological polar surface area (TPSA) is 68.2 Å². The molecule has 0 bridgehead atoms. The van der Waals surface area contributed by atoms with Gasteiger partial charge >= 0.3 is 0 Å². The van der Waals surface area contributed by atoms with Gasteiger partial charge in [-0.1, -0.05) is 6.07 Å². The molecule has 1 fully saturated rings. The molecular formula is C19H32N4O3. The average molecular weight is 364 g/mol. The van der Waals surface area contributed by atoms with Crippen LogP contribution < -0.4 is 10.1 Å². The molecule has 26 heavy (non-hydrogen) atoms. The molecule has 0 amide bonds. The molecule has 146 valence electrons. The summed E-state index contributed by atoms with van der Waals surface area (Å²) in [6, 6.07) is 3.93. The van der Waals surface area contributed by atoms with Crippen LogP contribution in [0.5, 0.6) is 5.88 Å².